The van der Waals surface area contributed by atoms with Gasteiger partial charge in [-0.3, -0.25) is 5.10 Å². The Morgan fingerprint density at radius 2 is 1.81 bits per heavy atom. The van der Waals surface area contributed by atoms with Gasteiger partial charge in [0.05, 0.1) is 6.04 Å². The predicted octanol–water partition coefficient (Wildman–Crippen LogP) is 2.28. The summed E-state index contributed by atoms with van der Waals surface area (Å²) in [6.07, 6.45) is 9.02. The summed E-state index contributed by atoms with van der Waals surface area (Å²) in [6.45, 7) is 1.12. The molecule has 0 bridgehead atoms. The van der Waals surface area contributed by atoms with E-state index in [0.29, 0.717) is 12.0 Å². The smallest absolute Gasteiger partial charge is 0.153 e. The van der Waals surface area contributed by atoms with Crippen LogP contribution in [0.25, 0.3) is 0 Å². The molecule has 1 aliphatic carbocycles. The number of aromatic nitrogens is 3. The molecule has 0 unspecified atom stereocenters. The lowest BCUT2D eigenvalue weighted by Crippen LogP contribution is -2.27. The summed E-state index contributed by atoms with van der Waals surface area (Å²) in [6, 6.07) is 0.413. The molecule has 1 saturated carbocycles. The maximum absolute atomic E-state index is 4.69. The van der Waals surface area contributed by atoms with Crippen LogP contribution in [0, 0.1) is 0 Å². The highest BCUT2D eigenvalue weighted by atomic mass is 15.2. The van der Waals surface area contributed by atoms with Crippen LogP contribution in [0.1, 0.15) is 68.6 Å². The summed E-state index contributed by atoms with van der Waals surface area (Å²) in [5.41, 5.74) is 0. The largest absolute Gasteiger partial charge is 0.307 e. The molecule has 2 aliphatic rings. The van der Waals surface area contributed by atoms with Crippen molar-refractivity contribution in [1.82, 2.24) is 20.5 Å². The second kappa shape index (κ2) is 4.53. The van der Waals surface area contributed by atoms with Gasteiger partial charge in [0.1, 0.15) is 5.82 Å². The van der Waals surface area contributed by atoms with Crippen LogP contribution >= 0.6 is 0 Å². The van der Waals surface area contributed by atoms with Gasteiger partial charge in [0.25, 0.3) is 0 Å². The Bertz CT molecular complexity index is 335. The summed E-state index contributed by atoms with van der Waals surface area (Å²) in [7, 11) is 0. The van der Waals surface area contributed by atoms with Crippen molar-refractivity contribution in [2.45, 2.75) is 56.9 Å². The van der Waals surface area contributed by atoms with E-state index in [2.05, 4.69) is 20.5 Å². The molecule has 1 aromatic rings. The number of H-pyrrole nitrogens is 1. The van der Waals surface area contributed by atoms with Crippen molar-refractivity contribution < 1.29 is 0 Å². The van der Waals surface area contributed by atoms with Crippen LogP contribution in [0.5, 0.6) is 0 Å². The van der Waals surface area contributed by atoms with E-state index in [1.807, 2.05) is 0 Å². The van der Waals surface area contributed by atoms with Gasteiger partial charge in [-0.05, 0) is 32.2 Å². The molecule has 3 rings (SSSR count). The van der Waals surface area contributed by atoms with E-state index >= 15 is 0 Å². The SMILES string of the molecule is C1CC[C@@H](c2nc(C3CCCC3)n[nH]2)NC1. The van der Waals surface area contributed by atoms with Crippen molar-refractivity contribution in [3.63, 3.8) is 0 Å². The third kappa shape index (κ3) is 1.98. The van der Waals surface area contributed by atoms with Gasteiger partial charge >= 0.3 is 0 Å². The molecular formula is C12H20N4. The molecule has 16 heavy (non-hydrogen) atoms. The molecule has 0 aromatic carbocycles. The number of rotatable bonds is 2. The minimum atomic E-state index is 0.413. The standard InChI is InChI=1S/C12H20N4/c1-2-6-9(5-1)11-14-12(16-15-11)10-7-3-4-8-13-10/h9-10,13H,1-8H2,(H,14,15,16)/t10-/m0/s1. The molecule has 2 heterocycles. The van der Waals surface area contributed by atoms with Crippen molar-refractivity contribution >= 4 is 0 Å². The van der Waals surface area contributed by atoms with Crippen molar-refractivity contribution in [1.29, 1.82) is 0 Å². The Morgan fingerprint density at radius 3 is 2.56 bits per heavy atom. The van der Waals surface area contributed by atoms with E-state index in [0.717, 1.165) is 18.2 Å². The highest BCUT2D eigenvalue weighted by molar-refractivity contribution is 5.03. The number of hydrogen-bond donors (Lipinski definition) is 2. The molecule has 4 heteroatoms. The molecule has 1 aromatic heterocycles. The molecule has 88 valence electrons. The number of nitrogens with zero attached hydrogens (tertiary/aromatic N) is 2. The number of piperidine rings is 1. The van der Waals surface area contributed by atoms with Crippen LogP contribution in [0.2, 0.25) is 0 Å². The summed E-state index contributed by atoms with van der Waals surface area (Å²) in [5, 5.41) is 11.0. The molecule has 0 spiro atoms. The number of nitrogens with one attached hydrogen (secondary N) is 2. The van der Waals surface area contributed by atoms with Gasteiger partial charge in [0, 0.05) is 5.92 Å². The highest BCUT2D eigenvalue weighted by Crippen LogP contribution is 2.32. The number of aromatic amines is 1. The lowest BCUT2D eigenvalue weighted by Gasteiger charge is -2.20. The van der Waals surface area contributed by atoms with Crippen molar-refractivity contribution in [3.8, 4) is 0 Å². The Morgan fingerprint density at radius 1 is 1.00 bits per heavy atom. The molecule has 1 aliphatic heterocycles. The van der Waals surface area contributed by atoms with E-state index < -0.39 is 0 Å². The first-order valence-electron chi connectivity index (χ1n) is 6.59. The zero-order chi connectivity index (χ0) is 10.8. The summed E-state index contributed by atoms with van der Waals surface area (Å²) in [5.74, 6) is 2.73. The topological polar surface area (TPSA) is 53.6 Å². The zero-order valence-corrected chi connectivity index (χ0v) is 9.71. The monoisotopic (exact) mass is 220 g/mol. The lowest BCUT2D eigenvalue weighted by molar-refractivity contribution is 0.398. The second-order valence-electron chi connectivity index (χ2n) is 5.06. The third-order valence-electron chi connectivity index (χ3n) is 3.88. The molecule has 2 N–H and O–H groups in total. The lowest BCUT2D eigenvalue weighted by atomic mass is 10.0. The Kier molecular flexibility index (Phi) is 2.91. The molecule has 4 nitrogen and oxygen atoms in total. The first kappa shape index (κ1) is 10.3. The fourth-order valence-corrected chi connectivity index (χ4v) is 2.90. The highest BCUT2D eigenvalue weighted by Gasteiger charge is 2.24. The molecule has 1 saturated heterocycles. The average Bonchev–Trinajstić information content (AvgIpc) is 3.01. The fourth-order valence-electron chi connectivity index (χ4n) is 2.90. The summed E-state index contributed by atoms with van der Waals surface area (Å²) < 4.78 is 0. The van der Waals surface area contributed by atoms with Crippen LogP contribution in [0.3, 0.4) is 0 Å². The van der Waals surface area contributed by atoms with Gasteiger partial charge in [-0.15, -0.1) is 0 Å². The molecular weight excluding hydrogens is 200 g/mol. The van der Waals surface area contributed by atoms with Gasteiger partial charge in [-0.25, -0.2) is 4.98 Å². The van der Waals surface area contributed by atoms with Gasteiger partial charge in [-0.1, -0.05) is 19.3 Å². The maximum atomic E-state index is 4.69. The second-order valence-corrected chi connectivity index (χ2v) is 5.06. The molecule has 2 fully saturated rings. The van der Waals surface area contributed by atoms with Gasteiger partial charge in [0.2, 0.25) is 0 Å². The first-order chi connectivity index (χ1) is 7.93. The van der Waals surface area contributed by atoms with Crippen LogP contribution in [0.15, 0.2) is 0 Å². The maximum Gasteiger partial charge on any atom is 0.153 e. The Balaban J connectivity index is 1.71. The zero-order valence-electron chi connectivity index (χ0n) is 9.71. The van der Waals surface area contributed by atoms with E-state index in [-0.39, 0.29) is 0 Å². The van der Waals surface area contributed by atoms with Crippen molar-refractivity contribution in [2.75, 3.05) is 6.54 Å². The van der Waals surface area contributed by atoms with Crippen LogP contribution in [-0.2, 0) is 0 Å². The first-order valence-corrected chi connectivity index (χ1v) is 6.59. The molecule has 0 amide bonds. The van der Waals surface area contributed by atoms with E-state index in [1.165, 1.54) is 44.9 Å². The van der Waals surface area contributed by atoms with Gasteiger partial charge in [0.15, 0.2) is 5.82 Å². The minimum Gasteiger partial charge on any atom is -0.307 e. The van der Waals surface area contributed by atoms with E-state index in [9.17, 15) is 0 Å². The van der Waals surface area contributed by atoms with E-state index in [4.69, 9.17) is 0 Å². The Hall–Kier alpha value is -0.900. The van der Waals surface area contributed by atoms with Gasteiger partial charge < -0.3 is 5.32 Å². The predicted molar refractivity (Wildman–Crippen MR) is 62.2 cm³/mol. The van der Waals surface area contributed by atoms with Crippen LogP contribution in [0.4, 0.5) is 0 Å². The van der Waals surface area contributed by atoms with Gasteiger partial charge in [-0.2, -0.15) is 5.10 Å². The quantitative estimate of drug-likeness (QED) is 0.804. The van der Waals surface area contributed by atoms with Crippen molar-refractivity contribution in [3.05, 3.63) is 11.6 Å². The summed E-state index contributed by atoms with van der Waals surface area (Å²) >= 11 is 0. The molecule has 1 atom stereocenters. The minimum absolute atomic E-state index is 0.413. The van der Waals surface area contributed by atoms with Crippen LogP contribution < -0.4 is 5.32 Å². The van der Waals surface area contributed by atoms with Crippen molar-refractivity contribution in [2.24, 2.45) is 0 Å². The third-order valence-corrected chi connectivity index (χ3v) is 3.88. The Labute approximate surface area is 96.2 Å². The average molecular weight is 220 g/mol. The summed E-state index contributed by atoms with van der Waals surface area (Å²) in [4.78, 5) is 4.69. The normalized spacial score (nSPS) is 27.4. The van der Waals surface area contributed by atoms with E-state index in [1.54, 1.807) is 0 Å². The van der Waals surface area contributed by atoms with Crippen LogP contribution in [-0.4, -0.2) is 21.7 Å². The number of hydrogen-bond acceptors (Lipinski definition) is 3. The fraction of sp³-hybridized carbons (Fsp3) is 0.833. The molecule has 0 radical (unpaired) electrons.